The van der Waals surface area contributed by atoms with E-state index in [1.165, 1.54) is 69.1 Å². The van der Waals surface area contributed by atoms with Gasteiger partial charge in [0.05, 0.1) is 0 Å². The number of ketones is 2. The van der Waals surface area contributed by atoms with Crippen molar-refractivity contribution in [1.29, 1.82) is 0 Å². The highest BCUT2D eigenvalue weighted by molar-refractivity contribution is 6.20. The molecule has 0 bridgehead atoms. The van der Waals surface area contributed by atoms with Crippen molar-refractivity contribution in [2.45, 2.75) is 106 Å². The molecule has 0 N–H and O–H groups in total. The molecule has 164 valence electrons. The summed E-state index contributed by atoms with van der Waals surface area (Å²) in [6.07, 6.45) is 17.4. The van der Waals surface area contributed by atoms with E-state index in [9.17, 15) is 9.59 Å². The maximum atomic E-state index is 12.1. The van der Waals surface area contributed by atoms with Crippen molar-refractivity contribution >= 4 is 11.6 Å². The molecule has 0 aromatic rings. The molecule has 29 heavy (non-hydrogen) atoms. The van der Waals surface area contributed by atoms with Gasteiger partial charge in [0, 0.05) is 11.1 Å². The minimum atomic E-state index is -0.0637. The zero-order chi connectivity index (χ0) is 21.8. The molecular formula is C27H44O2. The molecule has 0 saturated heterocycles. The van der Waals surface area contributed by atoms with Gasteiger partial charge in [-0.05, 0) is 63.0 Å². The maximum absolute atomic E-state index is 12.1. The SMILES string of the molecule is CC1=CC(=O)C=C(C/C=C(/C)CCC[C@H](C)CCC[C@H](C)CCCC(C)C)C1=O. The van der Waals surface area contributed by atoms with E-state index in [2.05, 4.69) is 40.7 Å². The van der Waals surface area contributed by atoms with Crippen LogP contribution in [0.3, 0.4) is 0 Å². The van der Waals surface area contributed by atoms with Crippen LogP contribution >= 0.6 is 0 Å². The number of carbonyl (C=O) groups excluding carboxylic acids is 2. The summed E-state index contributed by atoms with van der Waals surface area (Å²) in [5, 5.41) is 0. The lowest BCUT2D eigenvalue weighted by Crippen LogP contribution is -2.12. The van der Waals surface area contributed by atoms with Gasteiger partial charge in [0.2, 0.25) is 0 Å². The molecular weight excluding hydrogens is 356 g/mol. The molecule has 1 aliphatic rings. The Morgan fingerprint density at radius 2 is 1.41 bits per heavy atom. The van der Waals surface area contributed by atoms with Crippen molar-refractivity contribution < 1.29 is 9.59 Å². The summed E-state index contributed by atoms with van der Waals surface area (Å²) in [4.78, 5) is 23.7. The molecule has 2 heteroatoms. The molecule has 0 radical (unpaired) electrons. The van der Waals surface area contributed by atoms with Gasteiger partial charge in [-0.15, -0.1) is 0 Å². The largest absolute Gasteiger partial charge is 0.290 e. The van der Waals surface area contributed by atoms with Crippen LogP contribution in [0.25, 0.3) is 0 Å². The van der Waals surface area contributed by atoms with Crippen molar-refractivity contribution in [3.8, 4) is 0 Å². The van der Waals surface area contributed by atoms with Crippen LogP contribution in [0.1, 0.15) is 106 Å². The molecule has 0 aliphatic heterocycles. The zero-order valence-corrected chi connectivity index (χ0v) is 19.9. The number of carbonyl (C=O) groups is 2. The van der Waals surface area contributed by atoms with E-state index in [1.807, 2.05) is 0 Å². The fraction of sp³-hybridized carbons (Fsp3) is 0.704. The highest BCUT2D eigenvalue weighted by Gasteiger charge is 2.17. The van der Waals surface area contributed by atoms with Crippen molar-refractivity contribution in [3.63, 3.8) is 0 Å². The lowest BCUT2D eigenvalue weighted by Gasteiger charge is -2.15. The number of rotatable bonds is 14. The fourth-order valence-electron chi connectivity index (χ4n) is 4.06. The lowest BCUT2D eigenvalue weighted by atomic mass is 9.91. The topological polar surface area (TPSA) is 34.1 Å². The van der Waals surface area contributed by atoms with Crippen LogP contribution in [-0.2, 0) is 9.59 Å². The standard InChI is InChI=1S/C27H44O2/c1-20(2)10-7-11-21(3)12-8-13-22(4)14-9-15-23(5)16-17-25-19-26(28)18-24(6)27(25)29/h16,18-22H,7-15,17H2,1-6H3/b23-16-/t21-,22-/m1/s1. The van der Waals surface area contributed by atoms with Gasteiger partial charge in [0.1, 0.15) is 0 Å². The molecule has 2 nitrogen and oxygen atoms in total. The molecule has 1 rings (SSSR count). The van der Waals surface area contributed by atoms with Crippen LogP contribution in [0.4, 0.5) is 0 Å². The predicted molar refractivity (Wildman–Crippen MR) is 125 cm³/mol. The van der Waals surface area contributed by atoms with Gasteiger partial charge in [-0.25, -0.2) is 0 Å². The molecule has 0 unspecified atom stereocenters. The first kappa shape index (κ1) is 25.6. The highest BCUT2D eigenvalue weighted by atomic mass is 16.1. The molecule has 2 atom stereocenters. The Balaban J connectivity index is 2.18. The first-order valence-corrected chi connectivity index (χ1v) is 11.8. The molecule has 0 aromatic heterocycles. The summed E-state index contributed by atoms with van der Waals surface area (Å²) in [5.74, 6) is 2.45. The first-order chi connectivity index (χ1) is 13.7. The number of Topliss-reactive ketones (excluding diaryl/α,β-unsaturated/α-hetero) is 1. The third kappa shape index (κ3) is 11.4. The summed E-state index contributed by atoms with van der Waals surface area (Å²) in [7, 11) is 0. The number of hydrogen-bond acceptors (Lipinski definition) is 2. The Hall–Kier alpha value is -1.44. The average Bonchev–Trinajstić information content (AvgIpc) is 2.63. The second-order valence-corrected chi connectivity index (χ2v) is 9.84. The quantitative estimate of drug-likeness (QED) is 0.220. The Morgan fingerprint density at radius 1 is 0.862 bits per heavy atom. The number of allylic oxidation sites excluding steroid dienone is 6. The molecule has 0 fully saturated rings. The van der Waals surface area contributed by atoms with Crippen molar-refractivity contribution in [2.75, 3.05) is 0 Å². The van der Waals surface area contributed by atoms with Gasteiger partial charge in [-0.2, -0.15) is 0 Å². The third-order valence-corrected chi connectivity index (χ3v) is 6.14. The van der Waals surface area contributed by atoms with Crippen LogP contribution in [0.5, 0.6) is 0 Å². The minimum Gasteiger partial charge on any atom is -0.290 e. The highest BCUT2D eigenvalue weighted by Crippen LogP contribution is 2.23. The molecule has 0 heterocycles. The summed E-state index contributed by atoms with van der Waals surface area (Å²) >= 11 is 0. The van der Waals surface area contributed by atoms with E-state index in [-0.39, 0.29) is 11.6 Å². The molecule has 0 saturated carbocycles. The molecule has 0 amide bonds. The van der Waals surface area contributed by atoms with Crippen molar-refractivity contribution in [3.05, 3.63) is 34.9 Å². The van der Waals surface area contributed by atoms with Gasteiger partial charge in [-0.1, -0.05) is 84.3 Å². The van der Waals surface area contributed by atoms with Crippen molar-refractivity contribution in [1.82, 2.24) is 0 Å². The van der Waals surface area contributed by atoms with E-state index in [0.29, 0.717) is 17.6 Å². The van der Waals surface area contributed by atoms with E-state index in [1.54, 1.807) is 6.92 Å². The fourth-order valence-corrected chi connectivity index (χ4v) is 4.06. The minimum absolute atomic E-state index is 0.0145. The summed E-state index contributed by atoms with van der Waals surface area (Å²) < 4.78 is 0. The second-order valence-electron chi connectivity index (χ2n) is 9.84. The normalized spacial score (nSPS) is 17.4. The zero-order valence-electron chi connectivity index (χ0n) is 19.9. The third-order valence-electron chi connectivity index (χ3n) is 6.14. The van der Waals surface area contributed by atoms with Crippen molar-refractivity contribution in [2.24, 2.45) is 17.8 Å². The smallest absolute Gasteiger partial charge is 0.185 e. The van der Waals surface area contributed by atoms with E-state index in [4.69, 9.17) is 0 Å². The Morgan fingerprint density at radius 3 is 2.00 bits per heavy atom. The Bertz CT molecular complexity index is 618. The maximum Gasteiger partial charge on any atom is 0.185 e. The number of hydrogen-bond donors (Lipinski definition) is 0. The van der Waals surface area contributed by atoms with Gasteiger partial charge in [0.15, 0.2) is 11.6 Å². The van der Waals surface area contributed by atoms with Gasteiger partial charge >= 0.3 is 0 Å². The van der Waals surface area contributed by atoms with Crippen LogP contribution in [0, 0.1) is 17.8 Å². The monoisotopic (exact) mass is 400 g/mol. The Labute approximate surface area is 179 Å². The van der Waals surface area contributed by atoms with Crippen LogP contribution < -0.4 is 0 Å². The van der Waals surface area contributed by atoms with E-state index >= 15 is 0 Å². The predicted octanol–water partition coefficient (Wildman–Crippen LogP) is 7.79. The molecule has 1 aliphatic carbocycles. The summed E-state index contributed by atoms with van der Waals surface area (Å²) in [5.41, 5.74) is 2.51. The van der Waals surface area contributed by atoms with Crippen LogP contribution in [-0.4, -0.2) is 11.6 Å². The van der Waals surface area contributed by atoms with Gasteiger partial charge < -0.3 is 0 Å². The van der Waals surface area contributed by atoms with E-state index < -0.39 is 0 Å². The molecule has 0 spiro atoms. The van der Waals surface area contributed by atoms with Gasteiger partial charge in [0.25, 0.3) is 0 Å². The summed E-state index contributed by atoms with van der Waals surface area (Å²) in [6, 6.07) is 0. The van der Waals surface area contributed by atoms with E-state index in [0.717, 1.165) is 24.2 Å². The van der Waals surface area contributed by atoms with Gasteiger partial charge in [-0.3, -0.25) is 9.59 Å². The second kappa shape index (κ2) is 13.7. The molecule has 0 aromatic carbocycles. The lowest BCUT2D eigenvalue weighted by molar-refractivity contribution is -0.115. The first-order valence-electron chi connectivity index (χ1n) is 11.8. The van der Waals surface area contributed by atoms with Crippen LogP contribution in [0.15, 0.2) is 34.9 Å². The summed E-state index contributed by atoms with van der Waals surface area (Å²) in [6.45, 7) is 13.3. The average molecular weight is 401 g/mol. The Kier molecular flexibility index (Phi) is 12.1. The van der Waals surface area contributed by atoms with Crippen LogP contribution in [0.2, 0.25) is 0 Å².